The Balaban J connectivity index is 1.83. The van der Waals surface area contributed by atoms with Crippen molar-refractivity contribution in [1.82, 2.24) is 15.3 Å². The van der Waals surface area contributed by atoms with Crippen molar-refractivity contribution in [3.8, 4) is 23.7 Å². The molecule has 2 aromatic heterocycles. The smallest absolute Gasteiger partial charge is 0.252 e. The van der Waals surface area contributed by atoms with Crippen LogP contribution >= 0.6 is 0 Å². The molecule has 0 aromatic carbocycles. The summed E-state index contributed by atoms with van der Waals surface area (Å²) in [6, 6.07) is 7.49. The van der Waals surface area contributed by atoms with Crippen molar-refractivity contribution in [2.45, 2.75) is 51.0 Å². The molecule has 128 valence electrons. The fourth-order valence-electron chi connectivity index (χ4n) is 3.30. The van der Waals surface area contributed by atoms with Gasteiger partial charge in [0, 0.05) is 18.0 Å². The summed E-state index contributed by atoms with van der Waals surface area (Å²) in [7, 11) is 0. The van der Waals surface area contributed by atoms with Gasteiger partial charge in [0.1, 0.15) is 5.54 Å². The van der Waals surface area contributed by atoms with Crippen LogP contribution in [0.15, 0.2) is 36.7 Å². The van der Waals surface area contributed by atoms with Crippen LogP contribution in [-0.2, 0) is 6.42 Å². The molecule has 2 aromatic rings. The zero-order chi connectivity index (χ0) is 17.7. The summed E-state index contributed by atoms with van der Waals surface area (Å²) in [4.78, 5) is 21.5. The van der Waals surface area contributed by atoms with Gasteiger partial charge in [-0.15, -0.1) is 6.42 Å². The molecule has 0 unspecified atom stereocenters. The number of amides is 1. The third kappa shape index (κ3) is 3.88. The van der Waals surface area contributed by atoms with Crippen molar-refractivity contribution in [1.29, 1.82) is 0 Å². The van der Waals surface area contributed by atoms with Crippen LogP contribution in [0.4, 0.5) is 0 Å². The molecular formula is C21H23N3O. The van der Waals surface area contributed by atoms with E-state index in [9.17, 15) is 4.79 Å². The number of pyridine rings is 2. The molecule has 1 N–H and O–H groups in total. The van der Waals surface area contributed by atoms with Crippen molar-refractivity contribution >= 4 is 5.91 Å². The Morgan fingerprint density at radius 2 is 1.84 bits per heavy atom. The Bertz CT molecular complexity index is 801. The molecule has 1 aliphatic carbocycles. The summed E-state index contributed by atoms with van der Waals surface area (Å²) >= 11 is 0. The Morgan fingerprint density at radius 1 is 1.16 bits per heavy atom. The highest BCUT2D eigenvalue weighted by Crippen LogP contribution is 2.28. The van der Waals surface area contributed by atoms with Crippen LogP contribution in [0.5, 0.6) is 0 Å². The Kier molecular flexibility index (Phi) is 5.14. The molecule has 4 nitrogen and oxygen atoms in total. The maximum Gasteiger partial charge on any atom is 0.252 e. The number of nitrogens with one attached hydrogen (secondary N) is 1. The van der Waals surface area contributed by atoms with Crippen LogP contribution in [0, 0.1) is 12.3 Å². The Morgan fingerprint density at radius 3 is 2.52 bits per heavy atom. The maximum absolute atomic E-state index is 12.7. The first-order chi connectivity index (χ1) is 12.2. The number of rotatable bonds is 4. The predicted molar refractivity (Wildman–Crippen MR) is 99.0 cm³/mol. The second-order valence-corrected chi connectivity index (χ2v) is 6.57. The van der Waals surface area contributed by atoms with E-state index in [1.54, 1.807) is 24.5 Å². The lowest BCUT2D eigenvalue weighted by Crippen LogP contribution is -2.48. The normalized spacial score (nSPS) is 16.0. The summed E-state index contributed by atoms with van der Waals surface area (Å²) in [6.45, 7) is 2.10. The third-order valence-electron chi connectivity index (χ3n) is 4.85. The highest BCUT2D eigenvalue weighted by atomic mass is 16.1. The van der Waals surface area contributed by atoms with E-state index in [0.717, 1.165) is 37.8 Å². The van der Waals surface area contributed by atoms with Gasteiger partial charge in [0.2, 0.25) is 0 Å². The van der Waals surface area contributed by atoms with E-state index in [1.165, 1.54) is 12.0 Å². The molecule has 0 radical (unpaired) electrons. The second kappa shape index (κ2) is 7.48. The zero-order valence-electron chi connectivity index (χ0n) is 14.6. The molecule has 0 atom stereocenters. The summed E-state index contributed by atoms with van der Waals surface area (Å²) in [5, 5.41) is 3.08. The van der Waals surface area contributed by atoms with Gasteiger partial charge in [0.15, 0.2) is 0 Å². The number of hydrogen-bond donors (Lipinski definition) is 1. The molecule has 1 fully saturated rings. The SMILES string of the molecule is C#CC1(NC(=O)c2ccnc(-c3cc(CC)ccn3)c2)CCCCC1. The van der Waals surface area contributed by atoms with E-state index < -0.39 is 5.54 Å². The summed E-state index contributed by atoms with van der Waals surface area (Å²) in [5.74, 6) is 2.68. The first-order valence-corrected chi connectivity index (χ1v) is 8.87. The van der Waals surface area contributed by atoms with Gasteiger partial charge in [-0.25, -0.2) is 0 Å². The number of aryl methyl sites for hydroxylation is 1. The maximum atomic E-state index is 12.7. The fraction of sp³-hybridized carbons (Fsp3) is 0.381. The molecule has 0 spiro atoms. The van der Waals surface area contributed by atoms with Gasteiger partial charge in [-0.3, -0.25) is 14.8 Å². The lowest BCUT2D eigenvalue weighted by Gasteiger charge is -2.33. The van der Waals surface area contributed by atoms with Crippen LogP contribution in [0.2, 0.25) is 0 Å². The molecule has 1 aliphatic rings. The van der Waals surface area contributed by atoms with E-state index in [4.69, 9.17) is 6.42 Å². The summed E-state index contributed by atoms with van der Waals surface area (Å²) in [6.07, 6.45) is 15.1. The average Bonchev–Trinajstić information content (AvgIpc) is 2.69. The van der Waals surface area contributed by atoms with Gasteiger partial charge in [0.05, 0.1) is 11.4 Å². The van der Waals surface area contributed by atoms with Gasteiger partial charge < -0.3 is 5.32 Å². The van der Waals surface area contributed by atoms with Crippen LogP contribution in [0.25, 0.3) is 11.4 Å². The Hall–Kier alpha value is -2.67. The minimum absolute atomic E-state index is 0.143. The molecule has 4 heteroatoms. The lowest BCUT2D eigenvalue weighted by atomic mass is 9.82. The molecule has 0 saturated heterocycles. The molecule has 3 rings (SSSR count). The number of hydrogen-bond acceptors (Lipinski definition) is 3. The standard InChI is InChI=1S/C21H23N3O/c1-3-16-8-12-22-18(14-16)19-15-17(9-13-23-19)20(25)24-21(4-2)10-6-5-7-11-21/h2,8-9,12-15H,3,5-7,10-11H2,1H3,(H,24,25). The molecule has 1 amide bonds. The highest BCUT2D eigenvalue weighted by Gasteiger charge is 2.31. The van der Waals surface area contributed by atoms with Gasteiger partial charge in [0.25, 0.3) is 5.91 Å². The van der Waals surface area contributed by atoms with E-state index in [-0.39, 0.29) is 5.91 Å². The predicted octanol–water partition coefficient (Wildman–Crippen LogP) is 3.77. The minimum Gasteiger partial charge on any atom is -0.336 e. The van der Waals surface area contributed by atoms with E-state index in [0.29, 0.717) is 11.3 Å². The summed E-state index contributed by atoms with van der Waals surface area (Å²) < 4.78 is 0. The van der Waals surface area contributed by atoms with Gasteiger partial charge in [-0.05, 0) is 49.1 Å². The number of nitrogens with zero attached hydrogens (tertiary/aromatic N) is 2. The van der Waals surface area contributed by atoms with Gasteiger partial charge in [-0.1, -0.05) is 32.1 Å². The molecule has 1 saturated carbocycles. The van der Waals surface area contributed by atoms with Crippen molar-refractivity contribution in [3.05, 3.63) is 47.8 Å². The molecule has 25 heavy (non-hydrogen) atoms. The van der Waals surface area contributed by atoms with Crippen molar-refractivity contribution in [2.75, 3.05) is 0 Å². The first kappa shape index (κ1) is 17.2. The summed E-state index contributed by atoms with van der Waals surface area (Å²) in [5.41, 5.74) is 2.71. The van der Waals surface area contributed by atoms with Crippen molar-refractivity contribution < 1.29 is 4.79 Å². The van der Waals surface area contributed by atoms with Crippen LogP contribution in [0.1, 0.15) is 54.9 Å². The third-order valence-corrected chi connectivity index (χ3v) is 4.85. The van der Waals surface area contributed by atoms with Crippen LogP contribution < -0.4 is 5.32 Å². The largest absolute Gasteiger partial charge is 0.336 e. The first-order valence-electron chi connectivity index (χ1n) is 8.87. The van der Waals surface area contributed by atoms with Crippen LogP contribution in [0.3, 0.4) is 0 Å². The number of carbonyl (C=O) groups excluding carboxylic acids is 1. The highest BCUT2D eigenvalue weighted by molar-refractivity contribution is 5.95. The van der Waals surface area contributed by atoms with Crippen molar-refractivity contribution in [3.63, 3.8) is 0 Å². The quantitative estimate of drug-likeness (QED) is 0.867. The second-order valence-electron chi connectivity index (χ2n) is 6.57. The average molecular weight is 333 g/mol. The topological polar surface area (TPSA) is 54.9 Å². The monoisotopic (exact) mass is 333 g/mol. The Labute approximate surface area is 149 Å². The van der Waals surface area contributed by atoms with E-state index >= 15 is 0 Å². The number of aromatic nitrogens is 2. The lowest BCUT2D eigenvalue weighted by molar-refractivity contribution is 0.0904. The van der Waals surface area contributed by atoms with Crippen LogP contribution in [-0.4, -0.2) is 21.4 Å². The molecule has 0 bridgehead atoms. The number of terminal acetylenes is 1. The number of carbonyl (C=O) groups is 1. The van der Waals surface area contributed by atoms with E-state index in [1.807, 2.05) is 12.1 Å². The molecule has 2 heterocycles. The van der Waals surface area contributed by atoms with E-state index in [2.05, 4.69) is 28.1 Å². The fourth-order valence-corrected chi connectivity index (χ4v) is 3.30. The van der Waals surface area contributed by atoms with Gasteiger partial charge >= 0.3 is 0 Å². The molecule has 0 aliphatic heterocycles. The van der Waals surface area contributed by atoms with Gasteiger partial charge in [-0.2, -0.15) is 0 Å². The van der Waals surface area contributed by atoms with Crippen molar-refractivity contribution in [2.24, 2.45) is 0 Å². The molecular weight excluding hydrogens is 310 g/mol. The zero-order valence-corrected chi connectivity index (χ0v) is 14.6. The minimum atomic E-state index is -0.515.